The Hall–Kier alpha value is -2.04. The largest absolute Gasteiger partial charge is 0.481 e. The van der Waals surface area contributed by atoms with Crippen LogP contribution in [0.2, 0.25) is 0 Å². The number of anilines is 1. The smallest absolute Gasteiger partial charge is 0.306 e. The van der Waals surface area contributed by atoms with E-state index in [1.807, 2.05) is 18.2 Å². The number of hydrogen-bond donors (Lipinski definition) is 1. The average molecular weight is 290 g/mol. The molecule has 1 aromatic carbocycles. The Bertz CT molecular complexity index is 522. The van der Waals surface area contributed by atoms with Gasteiger partial charge < -0.3 is 14.9 Å². The molecule has 0 unspecified atom stereocenters. The molecule has 1 N–H and O–H groups in total. The molecule has 1 aromatic rings. The molecule has 0 spiro atoms. The number of benzene rings is 1. The Labute approximate surface area is 125 Å². The van der Waals surface area contributed by atoms with Crippen LogP contribution in [-0.2, 0) is 16.1 Å². The molecule has 0 saturated carbocycles. The molecular weight excluding hydrogens is 268 g/mol. The summed E-state index contributed by atoms with van der Waals surface area (Å²) in [4.78, 5) is 26.2. The number of carboxylic acids is 1. The second-order valence-corrected chi connectivity index (χ2v) is 5.64. The highest BCUT2D eigenvalue weighted by Crippen LogP contribution is 2.24. The Balaban J connectivity index is 2.01. The SMILES string of the molecule is CC(=O)N(C)Cc1cccc(N2CCC(C(=O)O)CC2)c1. The molecule has 1 aliphatic rings. The Morgan fingerprint density at radius 3 is 2.57 bits per heavy atom. The maximum absolute atomic E-state index is 11.3. The minimum Gasteiger partial charge on any atom is -0.481 e. The van der Waals surface area contributed by atoms with Crippen LogP contribution in [-0.4, -0.2) is 42.0 Å². The number of rotatable bonds is 4. The van der Waals surface area contributed by atoms with E-state index in [1.54, 1.807) is 18.9 Å². The van der Waals surface area contributed by atoms with Crippen molar-refractivity contribution < 1.29 is 14.7 Å². The van der Waals surface area contributed by atoms with Gasteiger partial charge in [-0.3, -0.25) is 9.59 Å². The first kappa shape index (κ1) is 15.4. The minimum absolute atomic E-state index is 0.0441. The van der Waals surface area contributed by atoms with E-state index in [0.717, 1.165) is 24.3 Å². The van der Waals surface area contributed by atoms with Gasteiger partial charge in [0.15, 0.2) is 0 Å². The third-order valence-corrected chi connectivity index (χ3v) is 4.08. The van der Waals surface area contributed by atoms with Gasteiger partial charge in [-0.05, 0) is 30.5 Å². The molecule has 1 aliphatic heterocycles. The summed E-state index contributed by atoms with van der Waals surface area (Å²) in [5.74, 6) is -0.859. The quantitative estimate of drug-likeness (QED) is 0.921. The third-order valence-electron chi connectivity index (χ3n) is 4.08. The first-order chi connectivity index (χ1) is 9.97. The molecule has 1 amide bonds. The van der Waals surface area contributed by atoms with Gasteiger partial charge in [0.2, 0.25) is 5.91 Å². The molecule has 1 fully saturated rings. The fourth-order valence-corrected chi connectivity index (χ4v) is 2.62. The van der Waals surface area contributed by atoms with Gasteiger partial charge >= 0.3 is 5.97 Å². The lowest BCUT2D eigenvalue weighted by molar-refractivity contribution is -0.142. The van der Waals surface area contributed by atoms with E-state index < -0.39 is 5.97 Å². The van der Waals surface area contributed by atoms with E-state index in [1.165, 1.54) is 0 Å². The van der Waals surface area contributed by atoms with Crippen molar-refractivity contribution in [2.45, 2.75) is 26.3 Å². The second kappa shape index (κ2) is 6.61. The molecule has 21 heavy (non-hydrogen) atoms. The summed E-state index contributed by atoms with van der Waals surface area (Å²) in [6, 6.07) is 8.12. The summed E-state index contributed by atoms with van der Waals surface area (Å²) in [6.45, 7) is 3.68. The molecule has 0 aromatic heterocycles. The Morgan fingerprint density at radius 1 is 1.33 bits per heavy atom. The fourth-order valence-electron chi connectivity index (χ4n) is 2.62. The Morgan fingerprint density at radius 2 is 2.00 bits per heavy atom. The molecule has 0 radical (unpaired) electrons. The van der Waals surface area contributed by atoms with E-state index in [9.17, 15) is 9.59 Å². The predicted molar refractivity (Wildman–Crippen MR) is 81.2 cm³/mol. The molecular formula is C16H22N2O3. The van der Waals surface area contributed by atoms with Crippen LogP contribution in [0.15, 0.2) is 24.3 Å². The summed E-state index contributed by atoms with van der Waals surface area (Å²) in [7, 11) is 1.79. The summed E-state index contributed by atoms with van der Waals surface area (Å²) >= 11 is 0. The van der Waals surface area contributed by atoms with Crippen molar-refractivity contribution in [1.82, 2.24) is 4.90 Å². The minimum atomic E-state index is -0.688. The van der Waals surface area contributed by atoms with Crippen LogP contribution >= 0.6 is 0 Å². The van der Waals surface area contributed by atoms with Gasteiger partial charge in [-0.1, -0.05) is 12.1 Å². The highest BCUT2D eigenvalue weighted by Gasteiger charge is 2.24. The van der Waals surface area contributed by atoms with Gasteiger partial charge in [0, 0.05) is 39.3 Å². The van der Waals surface area contributed by atoms with Crippen molar-refractivity contribution >= 4 is 17.6 Å². The maximum Gasteiger partial charge on any atom is 0.306 e. The monoisotopic (exact) mass is 290 g/mol. The lowest BCUT2D eigenvalue weighted by Crippen LogP contribution is -2.36. The maximum atomic E-state index is 11.3. The average Bonchev–Trinajstić information content (AvgIpc) is 2.47. The standard InChI is InChI=1S/C16H22N2O3/c1-12(19)17(2)11-13-4-3-5-15(10-13)18-8-6-14(7-9-18)16(20)21/h3-5,10,14H,6-9,11H2,1-2H3,(H,20,21). The fraction of sp³-hybridized carbons (Fsp3) is 0.500. The number of carbonyl (C=O) groups is 2. The molecule has 2 rings (SSSR count). The molecule has 0 bridgehead atoms. The van der Waals surface area contributed by atoms with Gasteiger partial charge in [-0.25, -0.2) is 0 Å². The second-order valence-electron chi connectivity index (χ2n) is 5.64. The van der Waals surface area contributed by atoms with Crippen molar-refractivity contribution in [3.8, 4) is 0 Å². The first-order valence-electron chi connectivity index (χ1n) is 7.26. The zero-order valence-electron chi connectivity index (χ0n) is 12.6. The van der Waals surface area contributed by atoms with E-state index in [2.05, 4.69) is 11.0 Å². The van der Waals surface area contributed by atoms with Crippen LogP contribution in [0.1, 0.15) is 25.3 Å². The van der Waals surface area contributed by atoms with Crippen LogP contribution in [0.4, 0.5) is 5.69 Å². The number of nitrogens with zero attached hydrogens (tertiary/aromatic N) is 2. The van der Waals surface area contributed by atoms with Crippen LogP contribution in [0.5, 0.6) is 0 Å². The molecule has 0 aliphatic carbocycles. The summed E-state index contributed by atoms with van der Waals surface area (Å²) in [6.07, 6.45) is 1.37. The molecule has 5 heteroatoms. The summed E-state index contributed by atoms with van der Waals surface area (Å²) in [5, 5.41) is 9.03. The number of aliphatic carboxylic acids is 1. The number of hydrogen-bond acceptors (Lipinski definition) is 3. The molecule has 1 saturated heterocycles. The van der Waals surface area contributed by atoms with E-state index in [-0.39, 0.29) is 11.8 Å². The first-order valence-corrected chi connectivity index (χ1v) is 7.26. The van der Waals surface area contributed by atoms with E-state index >= 15 is 0 Å². The highest BCUT2D eigenvalue weighted by atomic mass is 16.4. The topological polar surface area (TPSA) is 60.9 Å². The number of piperidine rings is 1. The molecule has 114 valence electrons. The normalized spacial score (nSPS) is 15.8. The predicted octanol–water partition coefficient (Wildman–Crippen LogP) is 1.97. The van der Waals surface area contributed by atoms with Gasteiger partial charge in [-0.15, -0.1) is 0 Å². The zero-order valence-corrected chi connectivity index (χ0v) is 12.6. The van der Waals surface area contributed by atoms with Crippen LogP contribution in [0, 0.1) is 5.92 Å². The number of carboxylic acid groups (broad SMARTS) is 1. The van der Waals surface area contributed by atoms with Crippen LogP contribution in [0.3, 0.4) is 0 Å². The van der Waals surface area contributed by atoms with Gasteiger partial charge in [0.1, 0.15) is 0 Å². The van der Waals surface area contributed by atoms with Gasteiger partial charge in [0.25, 0.3) is 0 Å². The van der Waals surface area contributed by atoms with Crippen molar-refractivity contribution in [2.24, 2.45) is 5.92 Å². The van der Waals surface area contributed by atoms with E-state index in [0.29, 0.717) is 19.4 Å². The zero-order chi connectivity index (χ0) is 15.4. The highest BCUT2D eigenvalue weighted by molar-refractivity contribution is 5.73. The van der Waals surface area contributed by atoms with Crippen LogP contribution < -0.4 is 4.90 Å². The van der Waals surface area contributed by atoms with Gasteiger partial charge in [-0.2, -0.15) is 0 Å². The lowest BCUT2D eigenvalue weighted by atomic mass is 9.96. The van der Waals surface area contributed by atoms with E-state index in [4.69, 9.17) is 5.11 Å². The van der Waals surface area contributed by atoms with Gasteiger partial charge in [0.05, 0.1) is 5.92 Å². The Kier molecular flexibility index (Phi) is 4.83. The van der Waals surface area contributed by atoms with Crippen molar-refractivity contribution in [1.29, 1.82) is 0 Å². The summed E-state index contributed by atoms with van der Waals surface area (Å²) in [5.41, 5.74) is 2.19. The van der Waals surface area contributed by atoms with Crippen molar-refractivity contribution in [2.75, 3.05) is 25.0 Å². The lowest BCUT2D eigenvalue weighted by Gasteiger charge is -2.32. The van der Waals surface area contributed by atoms with Crippen LogP contribution in [0.25, 0.3) is 0 Å². The van der Waals surface area contributed by atoms with Crippen molar-refractivity contribution in [3.63, 3.8) is 0 Å². The summed E-state index contributed by atoms with van der Waals surface area (Å²) < 4.78 is 0. The molecule has 5 nitrogen and oxygen atoms in total. The number of carbonyl (C=O) groups excluding carboxylic acids is 1. The molecule has 1 heterocycles. The van der Waals surface area contributed by atoms with Crippen molar-refractivity contribution in [3.05, 3.63) is 29.8 Å². The molecule has 0 atom stereocenters. The number of amides is 1. The third kappa shape index (κ3) is 3.97.